The molecule has 3 heterocycles. The highest BCUT2D eigenvalue weighted by atomic mass is 32.1. The van der Waals surface area contributed by atoms with E-state index in [2.05, 4.69) is 5.10 Å². The average Bonchev–Trinajstić information content (AvgIpc) is 3.06. The molecule has 0 spiro atoms. The predicted molar refractivity (Wildman–Crippen MR) is 88.7 cm³/mol. The fourth-order valence-electron chi connectivity index (χ4n) is 3.91. The van der Waals surface area contributed by atoms with Crippen molar-refractivity contribution in [2.24, 2.45) is 5.73 Å². The molecule has 2 aliphatic rings. The summed E-state index contributed by atoms with van der Waals surface area (Å²) >= 11 is 1.39. The number of likely N-dealkylation sites (tertiary alicyclic amines) is 1. The largest absolute Gasteiger partial charge is 0.365 e. The van der Waals surface area contributed by atoms with Gasteiger partial charge in [0.1, 0.15) is 4.83 Å². The molecule has 5 nitrogen and oxygen atoms in total. The van der Waals surface area contributed by atoms with Crippen LogP contribution in [0.25, 0.3) is 10.2 Å². The van der Waals surface area contributed by atoms with E-state index in [0.717, 1.165) is 41.6 Å². The molecule has 0 aromatic carbocycles. The third-order valence-electron chi connectivity index (χ3n) is 5.21. The summed E-state index contributed by atoms with van der Waals surface area (Å²) in [6.07, 6.45) is 3.67. The van der Waals surface area contributed by atoms with Gasteiger partial charge in [-0.2, -0.15) is 5.10 Å². The van der Waals surface area contributed by atoms with Gasteiger partial charge in [-0.1, -0.05) is 0 Å². The molecule has 1 aliphatic carbocycles. The molecule has 1 amide bonds. The van der Waals surface area contributed by atoms with Crippen LogP contribution in [0, 0.1) is 6.92 Å². The third-order valence-corrected chi connectivity index (χ3v) is 6.35. The lowest BCUT2D eigenvalue weighted by Crippen LogP contribution is -2.60. The van der Waals surface area contributed by atoms with Gasteiger partial charge in [0, 0.05) is 11.4 Å². The Morgan fingerprint density at radius 2 is 1.92 bits per heavy atom. The van der Waals surface area contributed by atoms with Crippen molar-refractivity contribution in [1.29, 1.82) is 0 Å². The zero-order valence-electron chi connectivity index (χ0n) is 13.5. The minimum atomic E-state index is -2.50. The van der Waals surface area contributed by atoms with Gasteiger partial charge in [0.15, 0.2) is 0 Å². The number of carbonyl (C=O) groups excluding carboxylic acids is 1. The van der Waals surface area contributed by atoms with Gasteiger partial charge < -0.3 is 5.73 Å². The maximum atomic E-state index is 13.0. The number of amides is 1. The van der Waals surface area contributed by atoms with Crippen LogP contribution in [0.1, 0.15) is 47.1 Å². The number of aromatic nitrogens is 2. The van der Waals surface area contributed by atoms with Crippen LogP contribution in [0.15, 0.2) is 6.07 Å². The Labute approximate surface area is 142 Å². The van der Waals surface area contributed by atoms with Gasteiger partial charge in [0.25, 0.3) is 11.8 Å². The number of carbonyl (C=O) groups is 1. The first-order valence-corrected chi connectivity index (χ1v) is 9.06. The van der Waals surface area contributed by atoms with E-state index in [4.69, 9.17) is 5.73 Å². The lowest BCUT2D eigenvalue weighted by atomic mass is 9.88. The summed E-state index contributed by atoms with van der Waals surface area (Å²) in [6, 6.07) is 2.34. The molecule has 2 aromatic rings. The maximum absolute atomic E-state index is 13.0. The van der Waals surface area contributed by atoms with Crippen molar-refractivity contribution in [1.82, 2.24) is 14.7 Å². The molecule has 2 aromatic heterocycles. The topological polar surface area (TPSA) is 64.2 Å². The first kappa shape index (κ1) is 16.0. The summed E-state index contributed by atoms with van der Waals surface area (Å²) in [5, 5.41) is 5.63. The van der Waals surface area contributed by atoms with E-state index in [9.17, 15) is 13.6 Å². The second-order valence-electron chi connectivity index (χ2n) is 6.95. The lowest BCUT2D eigenvalue weighted by Gasteiger charge is -2.46. The van der Waals surface area contributed by atoms with Crippen molar-refractivity contribution in [3.63, 3.8) is 0 Å². The van der Waals surface area contributed by atoms with Crippen molar-refractivity contribution in [3.05, 3.63) is 16.6 Å². The molecule has 1 saturated carbocycles. The SMILES string of the molecule is Cc1nn(C2CCC(N3CC(F)(F)C3)CC2)c2sc(C(N)=O)cc12. The zero-order valence-corrected chi connectivity index (χ0v) is 14.3. The quantitative estimate of drug-likeness (QED) is 0.922. The van der Waals surface area contributed by atoms with E-state index in [1.54, 1.807) is 0 Å². The van der Waals surface area contributed by atoms with Crippen LogP contribution in [0.4, 0.5) is 8.78 Å². The summed E-state index contributed by atoms with van der Waals surface area (Å²) in [7, 11) is 0. The molecule has 130 valence electrons. The molecule has 0 radical (unpaired) electrons. The molecule has 24 heavy (non-hydrogen) atoms. The number of nitrogens with zero attached hydrogens (tertiary/aromatic N) is 3. The van der Waals surface area contributed by atoms with Gasteiger partial charge in [-0.15, -0.1) is 11.3 Å². The van der Waals surface area contributed by atoms with Gasteiger partial charge in [0.2, 0.25) is 0 Å². The van der Waals surface area contributed by atoms with E-state index < -0.39 is 11.8 Å². The molecule has 4 rings (SSSR count). The van der Waals surface area contributed by atoms with Gasteiger partial charge in [0.05, 0.1) is 29.7 Å². The number of nitrogens with two attached hydrogens (primary N) is 1. The second kappa shape index (κ2) is 5.49. The average molecular weight is 354 g/mol. The summed E-state index contributed by atoms with van der Waals surface area (Å²) in [4.78, 5) is 14.9. The molecular formula is C16H20F2N4OS. The Bertz CT molecular complexity index is 783. The van der Waals surface area contributed by atoms with Crippen LogP contribution in [0.2, 0.25) is 0 Å². The normalized spacial score (nSPS) is 27.3. The molecule has 0 bridgehead atoms. The third kappa shape index (κ3) is 2.61. The Balaban J connectivity index is 1.49. The van der Waals surface area contributed by atoms with Crippen LogP contribution in [-0.2, 0) is 0 Å². The Hall–Kier alpha value is -1.54. The number of thiophene rings is 1. The van der Waals surface area contributed by atoms with Crippen molar-refractivity contribution in [3.8, 4) is 0 Å². The van der Waals surface area contributed by atoms with Crippen molar-refractivity contribution < 1.29 is 13.6 Å². The van der Waals surface area contributed by atoms with E-state index >= 15 is 0 Å². The lowest BCUT2D eigenvalue weighted by molar-refractivity contribution is -0.150. The zero-order chi connectivity index (χ0) is 17.1. The standard InChI is InChI=1S/C16H20F2N4OS/c1-9-12-6-13(14(19)23)24-15(12)22(20-9)11-4-2-10(3-5-11)21-7-16(17,18)8-21/h6,10-11H,2-5,7-8H2,1H3,(H2,19,23). The van der Waals surface area contributed by atoms with Crippen LogP contribution in [-0.4, -0.2) is 45.6 Å². The van der Waals surface area contributed by atoms with Gasteiger partial charge in [-0.3, -0.25) is 14.4 Å². The van der Waals surface area contributed by atoms with E-state index in [1.807, 2.05) is 22.6 Å². The number of hydrogen-bond donors (Lipinski definition) is 1. The highest BCUT2D eigenvalue weighted by molar-refractivity contribution is 7.20. The van der Waals surface area contributed by atoms with Crippen molar-refractivity contribution in [2.45, 2.75) is 50.6 Å². The molecule has 8 heteroatoms. The van der Waals surface area contributed by atoms with Gasteiger partial charge in [-0.25, -0.2) is 8.78 Å². The van der Waals surface area contributed by atoms with E-state index in [1.165, 1.54) is 11.3 Å². The van der Waals surface area contributed by atoms with E-state index in [-0.39, 0.29) is 25.2 Å². The Morgan fingerprint density at radius 1 is 1.29 bits per heavy atom. The molecule has 2 fully saturated rings. The number of halogens is 2. The first-order chi connectivity index (χ1) is 11.3. The molecule has 2 N–H and O–H groups in total. The number of rotatable bonds is 3. The molecule has 1 saturated heterocycles. The minimum Gasteiger partial charge on any atom is -0.365 e. The van der Waals surface area contributed by atoms with Crippen LogP contribution in [0.3, 0.4) is 0 Å². The van der Waals surface area contributed by atoms with Gasteiger partial charge >= 0.3 is 0 Å². The number of alkyl halides is 2. The van der Waals surface area contributed by atoms with Crippen LogP contribution < -0.4 is 5.73 Å². The molecule has 0 atom stereocenters. The summed E-state index contributed by atoms with van der Waals surface area (Å²) in [5.74, 6) is -2.91. The van der Waals surface area contributed by atoms with Crippen LogP contribution >= 0.6 is 11.3 Å². The summed E-state index contributed by atoms with van der Waals surface area (Å²) < 4.78 is 28.1. The summed E-state index contributed by atoms with van der Waals surface area (Å²) in [6.45, 7) is 1.74. The highest BCUT2D eigenvalue weighted by Gasteiger charge is 2.47. The van der Waals surface area contributed by atoms with Crippen molar-refractivity contribution >= 4 is 27.5 Å². The number of fused-ring (bicyclic) bond motifs is 1. The van der Waals surface area contributed by atoms with E-state index in [0.29, 0.717) is 4.88 Å². The Morgan fingerprint density at radius 3 is 2.50 bits per heavy atom. The Kier molecular flexibility index (Phi) is 3.65. The monoisotopic (exact) mass is 354 g/mol. The fourth-order valence-corrected chi connectivity index (χ4v) is 5.00. The second-order valence-corrected chi connectivity index (χ2v) is 7.98. The van der Waals surface area contributed by atoms with Crippen LogP contribution in [0.5, 0.6) is 0 Å². The highest BCUT2D eigenvalue weighted by Crippen LogP contribution is 2.39. The summed E-state index contributed by atoms with van der Waals surface area (Å²) in [5.41, 5.74) is 6.29. The fraction of sp³-hybridized carbons (Fsp3) is 0.625. The number of hydrogen-bond acceptors (Lipinski definition) is 4. The first-order valence-electron chi connectivity index (χ1n) is 8.24. The minimum absolute atomic E-state index is 0.0969. The van der Waals surface area contributed by atoms with Crippen molar-refractivity contribution in [2.75, 3.05) is 13.1 Å². The molecule has 1 aliphatic heterocycles. The maximum Gasteiger partial charge on any atom is 0.272 e. The smallest absolute Gasteiger partial charge is 0.272 e. The predicted octanol–water partition coefficient (Wildman–Crippen LogP) is 2.94. The number of aryl methyl sites for hydroxylation is 1. The molecular weight excluding hydrogens is 334 g/mol. The molecule has 0 unspecified atom stereocenters. The van der Waals surface area contributed by atoms with Gasteiger partial charge in [-0.05, 0) is 38.7 Å². The number of primary amides is 1.